The Labute approximate surface area is 156 Å². The Morgan fingerprint density at radius 3 is 2.58 bits per heavy atom. The predicted octanol–water partition coefficient (Wildman–Crippen LogP) is 3.15. The molecule has 136 valence electrons. The molecule has 1 amide bonds. The van der Waals surface area contributed by atoms with Crippen molar-refractivity contribution in [2.45, 2.75) is 23.6 Å². The molecule has 0 atom stereocenters. The number of amides is 1. The molecule has 1 heterocycles. The summed E-state index contributed by atoms with van der Waals surface area (Å²) < 4.78 is 27.9. The van der Waals surface area contributed by atoms with Crippen molar-refractivity contribution in [3.63, 3.8) is 0 Å². The number of rotatable bonds is 4. The Kier molecular flexibility index (Phi) is 5.06. The third kappa shape index (κ3) is 3.76. The summed E-state index contributed by atoms with van der Waals surface area (Å²) in [6.07, 6.45) is 0. The van der Waals surface area contributed by atoms with Crippen molar-refractivity contribution in [3.8, 4) is 0 Å². The lowest BCUT2D eigenvalue weighted by molar-refractivity contribution is -0.116. The van der Waals surface area contributed by atoms with Crippen LogP contribution < -0.4 is 9.62 Å². The van der Waals surface area contributed by atoms with Crippen LogP contribution in [0.2, 0.25) is 0 Å². The van der Waals surface area contributed by atoms with Crippen LogP contribution in [0, 0.1) is 0 Å². The van der Waals surface area contributed by atoms with Crippen molar-refractivity contribution in [1.29, 1.82) is 0 Å². The van der Waals surface area contributed by atoms with Gasteiger partial charge in [0.2, 0.25) is 5.91 Å². The van der Waals surface area contributed by atoms with Crippen molar-refractivity contribution in [2.75, 3.05) is 21.9 Å². The largest absolute Gasteiger partial charge is 0.311 e. The Morgan fingerprint density at radius 2 is 1.88 bits per heavy atom. The molecule has 3 rings (SSSR count). The number of fused-ring (bicyclic) bond motifs is 1. The van der Waals surface area contributed by atoms with E-state index in [1.807, 2.05) is 0 Å². The fraction of sp³-hybridized carbons (Fsp3) is 0.222. The van der Waals surface area contributed by atoms with E-state index in [1.54, 1.807) is 35.2 Å². The van der Waals surface area contributed by atoms with Crippen molar-refractivity contribution in [1.82, 2.24) is 0 Å². The summed E-state index contributed by atoms with van der Waals surface area (Å²) in [6.45, 7) is 3.53. The number of sulfonamides is 1. The number of hydrogen-bond donors (Lipinski definition) is 1. The third-order valence-corrected chi connectivity index (χ3v) is 6.41. The molecule has 0 aliphatic carbocycles. The Hall–Kier alpha value is -2.32. The first-order valence-electron chi connectivity index (χ1n) is 7.97. The molecule has 0 radical (unpaired) electrons. The predicted molar refractivity (Wildman–Crippen MR) is 102 cm³/mol. The van der Waals surface area contributed by atoms with Gasteiger partial charge in [0.15, 0.2) is 5.78 Å². The average molecular weight is 390 g/mol. The quantitative estimate of drug-likeness (QED) is 0.811. The molecule has 0 unspecified atom stereocenters. The topological polar surface area (TPSA) is 83.6 Å². The van der Waals surface area contributed by atoms with E-state index in [9.17, 15) is 18.0 Å². The molecule has 6 nitrogen and oxygen atoms in total. The fourth-order valence-electron chi connectivity index (χ4n) is 2.71. The molecule has 0 saturated carbocycles. The number of nitrogens with zero attached hydrogens (tertiary/aromatic N) is 1. The van der Waals surface area contributed by atoms with E-state index in [4.69, 9.17) is 0 Å². The minimum atomic E-state index is -3.81. The fourth-order valence-corrected chi connectivity index (χ4v) is 4.89. The molecule has 1 N–H and O–H groups in total. The number of Topliss-reactive ketones (excluding diaryl/α,β-unsaturated/α-hetero) is 1. The van der Waals surface area contributed by atoms with E-state index in [-0.39, 0.29) is 16.6 Å². The SMILES string of the molecule is CC(=O)c1cccc(NS(=O)(=O)c2ccc3c(c2)SCCN3C(C)=O)c1. The van der Waals surface area contributed by atoms with Crippen LogP contribution in [0.3, 0.4) is 0 Å². The third-order valence-electron chi connectivity index (χ3n) is 4.01. The molecule has 1 aliphatic rings. The number of nitrogens with one attached hydrogen (secondary N) is 1. The maximum atomic E-state index is 12.7. The van der Waals surface area contributed by atoms with Crippen molar-refractivity contribution < 1.29 is 18.0 Å². The van der Waals surface area contributed by atoms with E-state index < -0.39 is 10.0 Å². The van der Waals surface area contributed by atoms with Crippen molar-refractivity contribution in [2.24, 2.45) is 0 Å². The molecule has 0 aromatic heterocycles. The summed E-state index contributed by atoms with van der Waals surface area (Å²) in [4.78, 5) is 25.7. The average Bonchev–Trinajstić information content (AvgIpc) is 2.60. The van der Waals surface area contributed by atoms with Gasteiger partial charge in [-0.15, -0.1) is 11.8 Å². The highest BCUT2D eigenvalue weighted by atomic mass is 32.2. The number of carbonyl (C=O) groups excluding carboxylic acids is 2. The van der Waals surface area contributed by atoms with Crippen LogP contribution >= 0.6 is 11.8 Å². The van der Waals surface area contributed by atoms with Gasteiger partial charge in [0.05, 0.1) is 10.6 Å². The Bertz CT molecular complexity index is 986. The molecule has 8 heteroatoms. The van der Waals surface area contributed by atoms with Gasteiger partial charge in [-0.25, -0.2) is 8.42 Å². The molecule has 0 saturated heterocycles. The van der Waals surface area contributed by atoms with E-state index in [0.717, 1.165) is 10.6 Å². The van der Waals surface area contributed by atoms with Gasteiger partial charge in [0.1, 0.15) is 0 Å². The molecular formula is C18H18N2O4S2. The van der Waals surface area contributed by atoms with Gasteiger partial charge >= 0.3 is 0 Å². The van der Waals surface area contributed by atoms with Gasteiger partial charge in [-0.1, -0.05) is 12.1 Å². The monoisotopic (exact) mass is 390 g/mol. The second kappa shape index (κ2) is 7.13. The number of thioether (sulfide) groups is 1. The van der Waals surface area contributed by atoms with Gasteiger partial charge < -0.3 is 4.90 Å². The summed E-state index contributed by atoms with van der Waals surface area (Å²) >= 11 is 1.52. The number of anilines is 2. The van der Waals surface area contributed by atoms with Crippen LogP contribution in [0.25, 0.3) is 0 Å². The number of carbonyl (C=O) groups is 2. The second-order valence-electron chi connectivity index (χ2n) is 5.89. The normalized spacial score (nSPS) is 13.8. The summed E-state index contributed by atoms with van der Waals surface area (Å²) in [7, 11) is -3.81. The van der Waals surface area contributed by atoms with Gasteiger partial charge in [-0.2, -0.15) is 0 Å². The highest BCUT2D eigenvalue weighted by Crippen LogP contribution is 2.36. The van der Waals surface area contributed by atoms with E-state index in [2.05, 4.69) is 4.72 Å². The van der Waals surface area contributed by atoms with Crippen molar-refractivity contribution >= 4 is 44.9 Å². The molecule has 1 aliphatic heterocycles. The molecular weight excluding hydrogens is 372 g/mol. The molecule has 26 heavy (non-hydrogen) atoms. The van der Waals surface area contributed by atoms with Gasteiger partial charge in [0, 0.05) is 35.4 Å². The summed E-state index contributed by atoms with van der Waals surface area (Å²) in [5, 5.41) is 0. The smallest absolute Gasteiger partial charge is 0.261 e. The lowest BCUT2D eigenvalue weighted by atomic mass is 10.1. The van der Waals surface area contributed by atoms with Gasteiger partial charge in [-0.05, 0) is 37.3 Å². The summed E-state index contributed by atoms with van der Waals surface area (Å²) in [6, 6.07) is 11.1. The number of hydrogen-bond acceptors (Lipinski definition) is 5. The van der Waals surface area contributed by atoms with Crippen LogP contribution in [-0.2, 0) is 14.8 Å². The van der Waals surface area contributed by atoms with E-state index in [0.29, 0.717) is 23.5 Å². The first-order valence-corrected chi connectivity index (χ1v) is 10.4. The highest BCUT2D eigenvalue weighted by molar-refractivity contribution is 7.99. The van der Waals surface area contributed by atoms with E-state index in [1.165, 1.54) is 37.7 Å². The standard InChI is InChI=1S/C18H18N2O4S2/c1-12(21)14-4-3-5-15(10-14)19-26(23,24)16-6-7-17-18(11-16)25-9-8-20(17)13(2)22/h3-7,10-11,19H,8-9H2,1-2H3. The minimum absolute atomic E-state index is 0.0682. The molecule has 0 bridgehead atoms. The zero-order chi connectivity index (χ0) is 18.9. The number of ketones is 1. The molecule has 0 fully saturated rings. The van der Waals surface area contributed by atoms with Gasteiger partial charge in [-0.3, -0.25) is 14.3 Å². The van der Waals surface area contributed by atoms with E-state index >= 15 is 0 Å². The van der Waals surface area contributed by atoms with Crippen LogP contribution in [0.5, 0.6) is 0 Å². The van der Waals surface area contributed by atoms with Crippen LogP contribution in [0.4, 0.5) is 11.4 Å². The maximum Gasteiger partial charge on any atom is 0.261 e. The first kappa shape index (κ1) is 18.5. The molecule has 0 spiro atoms. The first-order chi connectivity index (χ1) is 12.3. The lowest BCUT2D eigenvalue weighted by Gasteiger charge is -2.28. The second-order valence-corrected chi connectivity index (χ2v) is 8.71. The summed E-state index contributed by atoms with van der Waals surface area (Å²) in [5.41, 5.74) is 1.49. The highest BCUT2D eigenvalue weighted by Gasteiger charge is 2.23. The van der Waals surface area contributed by atoms with Crippen LogP contribution in [-0.4, -0.2) is 32.4 Å². The minimum Gasteiger partial charge on any atom is -0.311 e. The van der Waals surface area contributed by atoms with Crippen molar-refractivity contribution in [3.05, 3.63) is 48.0 Å². The Morgan fingerprint density at radius 1 is 1.12 bits per heavy atom. The van der Waals surface area contributed by atoms with Crippen LogP contribution in [0.15, 0.2) is 52.3 Å². The lowest BCUT2D eigenvalue weighted by Crippen LogP contribution is -2.33. The maximum absolute atomic E-state index is 12.7. The molecule has 2 aromatic carbocycles. The zero-order valence-corrected chi connectivity index (χ0v) is 16.0. The Balaban J connectivity index is 1.92. The number of benzene rings is 2. The van der Waals surface area contributed by atoms with Crippen LogP contribution in [0.1, 0.15) is 24.2 Å². The summed E-state index contributed by atoms with van der Waals surface area (Å²) in [5.74, 6) is 0.506. The van der Waals surface area contributed by atoms with Gasteiger partial charge in [0.25, 0.3) is 10.0 Å². The zero-order valence-electron chi connectivity index (χ0n) is 14.4. The molecule has 2 aromatic rings.